The van der Waals surface area contributed by atoms with Gasteiger partial charge in [-0.05, 0) is 48.4 Å². The van der Waals surface area contributed by atoms with Gasteiger partial charge in [0.05, 0.1) is 11.7 Å². The van der Waals surface area contributed by atoms with Gasteiger partial charge < -0.3 is 20.1 Å². The molecule has 4 rings (SSSR count). The topological polar surface area (TPSA) is 108 Å². The predicted molar refractivity (Wildman–Crippen MR) is 108 cm³/mol. The summed E-state index contributed by atoms with van der Waals surface area (Å²) in [6, 6.07) is 9.32. The molecule has 10 heteroatoms. The van der Waals surface area contributed by atoms with Crippen molar-refractivity contribution >= 4 is 40.2 Å². The molecular weight excluding hydrogens is 415 g/mol. The summed E-state index contributed by atoms with van der Waals surface area (Å²) in [6.45, 7) is 0.303. The molecule has 0 spiro atoms. The van der Waals surface area contributed by atoms with E-state index < -0.39 is 23.6 Å². The number of aromatic amines is 1. The summed E-state index contributed by atoms with van der Waals surface area (Å²) >= 11 is 5.80. The van der Waals surface area contributed by atoms with Gasteiger partial charge in [-0.3, -0.25) is 9.89 Å². The number of hydrogen-bond donors (Lipinski definition) is 3. The first-order chi connectivity index (χ1) is 14.3. The van der Waals surface area contributed by atoms with Crippen LogP contribution in [0, 0.1) is 5.82 Å². The minimum Gasteiger partial charge on any atom is -0.407 e. The quantitative estimate of drug-likeness (QED) is 0.537. The van der Waals surface area contributed by atoms with Gasteiger partial charge in [-0.15, -0.1) is 0 Å². The molecule has 1 aliphatic heterocycles. The average molecular weight is 433 g/mol. The van der Waals surface area contributed by atoms with Crippen LogP contribution in [0.5, 0.6) is 0 Å². The van der Waals surface area contributed by atoms with Crippen molar-refractivity contribution in [1.82, 2.24) is 15.5 Å². The fourth-order valence-electron chi connectivity index (χ4n) is 3.38. The van der Waals surface area contributed by atoms with Crippen LogP contribution in [0.4, 0.5) is 14.9 Å². The lowest BCUT2D eigenvalue weighted by Gasteiger charge is -2.22. The molecule has 0 radical (unpaired) electrons. The summed E-state index contributed by atoms with van der Waals surface area (Å²) in [6.07, 6.45) is 0.916. The van der Waals surface area contributed by atoms with Crippen molar-refractivity contribution in [2.24, 2.45) is 0 Å². The largest absolute Gasteiger partial charge is 0.410 e. The van der Waals surface area contributed by atoms with Crippen LogP contribution in [0.15, 0.2) is 42.6 Å². The number of amides is 2. The van der Waals surface area contributed by atoms with Crippen LogP contribution in [-0.2, 0) is 16.0 Å². The molecule has 1 aromatic heterocycles. The Bertz CT molecular complexity index is 1100. The van der Waals surface area contributed by atoms with E-state index in [1.54, 1.807) is 30.5 Å². The Labute approximate surface area is 175 Å². The van der Waals surface area contributed by atoms with Gasteiger partial charge in [0.1, 0.15) is 5.82 Å². The van der Waals surface area contributed by atoms with E-state index in [9.17, 15) is 19.1 Å². The Morgan fingerprint density at radius 1 is 1.37 bits per heavy atom. The molecule has 1 saturated heterocycles. The number of aliphatic hydroxyl groups is 1. The van der Waals surface area contributed by atoms with E-state index in [4.69, 9.17) is 16.3 Å². The molecule has 0 unspecified atom stereocenters. The van der Waals surface area contributed by atoms with Crippen molar-refractivity contribution in [2.75, 3.05) is 18.0 Å². The molecule has 2 amide bonds. The fraction of sp³-hybridized carbons (Fsp3) is 0.250. The Balaban J connectivity index is 1.35. The highest BCUT2D eigenvalue weighted by atomic mass is 35.5. The first kappa shape index (κ1) is 20.1. The fourth-order valence-corrected chi connectivity index (χ4v) is 3.62. The Kier molecular flexibility index (Phi) is 5.31. The summed E-state index contributed by atoms with van der Waals surface area (Å²) in [5.41, 5.74) is 1.98. The number of hydrogen-bond acceptors (Lipinski definition) is 5. The number of carbonyl (C=O) groups excluding carboxylic acids is 2. The first-order valence-corrected chi connectivity index (χ1v) is 9.61. The Hall–Kier alpha value is -3.17. The predicted octanol–water partition coefficient (Wildman–Crippen LogP) is 2.75. The molecule has 2 aromatic carbocycles. The summed E-state index contributed by atoms with van der Waals surface area (Å²) < 4.78 is 18.4. The zero-order valence-electron chi connectivity index (χ0n) is 15.7. The molecule has 1 atom stereocenters. The number of fused-ring (bicyclic) bond motifs is 1. The maximum absolute atomic E-state index is 13.3. The lowest BCUT2D eigenvalue weighted by molar-refractivity contribution is -0.175. The minimum atomic E-state index is -2.25. The summed E-state index contributed by atoms with van der Waals surface area (Å²) in [4.78, 5) is 26.1. The number of nitrogens with one attached hydrogen (secondary N) is 2. The number of rotatable bonds is 5. The highest BCUT2D eigenvalue weighted by Crippen LogP contribution is 2.31. The van der Waals surface area contributed by atoms with Crippen molar-refractivity contribution < 1.29 is 23.8 Å². The minimum absolute atomic E-state index is 0.0673. The smallest absolute Gasteiger partial charge is 0.407 e. The molecule has 8 nitrogen and oxygen atoms in total. The van der Waals surface area contributed by atoms with Gasteiger partial charge in [0, 0.05) is 35.6 Å². The number of benzene rings is 2. The third-order valence-electron chi connectivity index (χ3n) is 4.86. The number of aromatic nitrogens is 2. The lowest BCUT2D eigenvalue weighted by Crippen LogP contribution is -2.46. The van der Waals surface area contributed by atoms with Crippen molar-refractivity contribution in [3.8, 4) is 0 Å². The van der Waals surface area contributed by atoms with Crippen LogP contribution >= 0.6 is 11.6 Å². The average Bonchev–Trinajstić information content (AvgIpc) is 3.25. The second-order valence-corrected chi connectivity index (χ2v) is 7.41. The molecule has 2 heterocycles. The molecule has 30 heavy (non-hydrogen) atoms. The molecule has 1 fully saturated rings. The van der Waals surface area contributed by atoms with Gasteiger partial charge in [-0.25, -0.2) is 9.18 Å². The third-order valence-corrected chi connectivity index (χ3v) is 5.07. The van der Waals surface area contributed by atoms with Crippen molar-refractivity contribution in [3.63, 3.8) is 0 Å². The standard InChI is InChI=1S/C20H18ClFN4O4/c21-14-7-12(8-15(22)10-14)3-5-23-19(28)30-20(29)4-6-26(18(20)27)16-1-2-17-13(9-16)11-24-25-17/h1-2,7-11,29H,3-6H2,(H,23,28)(H,24,25)/t20-/m1/s1. The van der Waals surface area contributed by atoms with Crippen LogP contribution in [-0.4, -0.2) is 46.2 Å². The van der Waals surface area contributed by atoms with Gasteiger partial charge in [0.2, 0.25) is 0 Å². The molecule has 3 N–H and O–H groups in total. The van der Waals surface area contributed by atoms with E-state index in [0.717, 1.165) is 10.9 Å². The molecule has 0 saturated carbocycles. The first-order valence-electron chi connectivity index (χ1n) is 9.23. The molecule has 1 aliphatic rings. The normalized spacial score (nSPS) is 18.8. The highest BCUT2D eigenvalue weighted by Gasteiger charge is 2.49. The van der Waals surface area contributed by atoms with Crippen molar-refractivity contribution in [3.05, 3.63) is 59.0 Å². The van der Waals surface area contributed by atoms with Crippen molar-refractivity contribution in [1.29, 1.82) is 0 Å². The second kappa shape index (κ2) is 7.92. The number of nitrogens with zero attached hydrogens (tertiary/aromatic N) is 2. The van der Waals surface area contributed by atoms with Crippen LogP contribution in [0.2, 0.25) is 5.02 Å². The van der Waals surface area contributed by atoms with Crippen LogP contribution in [0.25, 0.3) is 10.9 Å². The maximum Gasteiger partial charge on any atom is 0.410 e. The monoisotopic (exact) mass is 432 g/mol. The van der Waals surface area contributed by atoms with E-state index in [2.05, 4.69) is 15.5 Å². The van der Waals surface area contributed by atoms with Crippen LogP contribution < -0.4 is 10.2 Å². The van der Waals surface area contributed by atoms with Gasteiger partial charge in [0.15, 0.2) is 0 Å². The summed E-state index contributed by atoms with van der Waals surface area (Å²) in [7, 11) is 0. The van der Waals surface area contributed by atoms with Gasteiger partial charge in [0.25, 0.3) is 11.7 Å². The van der Waals surface area contributed by atoms with E-state index >= 15 is 0 Å². The highest BCUT2D eigenvalue weighted by molar-refractivity contribution is 6.30. The van der Waals surface area contributed by atoms with Crippen molar-refractivity contribution in [2.45, 2.75) is 18.6 Å². The van der Waals surface area contributed by atoms with E-state index in [1.807, 2.05) is 0 Å². The second-order valence-electron chi connectivity index (χ2n) is 6.98. The molecule has 0 aliphatic carbocycles. The number of carbonyl (C=O) groups is 2. The van der Waals surface area contributed by atoms with E-state index in [1.165, 1.54) is 17.0 Å². The lowest BCUT2D eigenvalue weighted by atomic mass is 10.1. The number of H-pyrrole nitrogens is 1. The SMILES string of the molecule is O=C(NCCc1cc(F)cc(Cl)c1)O[C@]1(O)CCN(c2ccc3[nH]ncc3c2)C1=O. The molecular formula is C20H18ClFN4O4. The van der Waals surface area contributed by atoms with Crippen LogP contribution in [0.3, 0.4) is 0 Å². The molecule has 3 aromatic rings. The zero-order valence-corrected chi connectivity index (χ0v) is 16.4. The van der Waals surface area contributed by atoms with Crippen LogP contribution in [0.1, 0.15) is 12.0 Å². The summed E-state index contributed by atoms with van der Waals surface area (Å²) in [5.74, 6) is -3.45. The number of anilines is 1. The number of ether oxygens (including phenoxy) is 1. The molecule has 156 valence electrons. The maximum atomic E-state index is 13.3. The molecule has 0 bridgehead atoms. The summed E-state index contributed by atoms with van der Waals surface area (Å²) in [5, 5.41) is 20.8. The van der Waals surface area contributed by atoms with Gasteiger partial charge >= 0.3 is 6.09 Å². The third kappa shape index (κ3) is 4.07. The number of alkyl carbamates (subject to hydrolysis) is 1. The number of halogens is 2. The Morgan fingerprint density at radius 3 is 3.00 bits per heavy atom. The van der Waals surface area contributed by atoms with Gasteiger partial charge in [-0.2, -0.15) is 5.10 Å². The van der Waals surface area contributed by atoms with E-state index in [-0.39, 0.29) is 24.5 Å². The zero-order chi connectivity index (χ0) is 21.3. The van der Waals surface area contributed by atoms with E-state index in [0.29, 0.717) is 17.7 Å². The van der Waals surface area contributed by atoms with Gasteiger partial charge in [-0.1, -0.05) is 11.6 Å². The Morgan fingerprint density at radius 2 is 2.20 bits per heavy atom.